The highest BCUT2D eigenvalue weighted by molar-refractivity contribution is 6.01. The molecule has 0 fully saturated rings. The van der Waals surface area contributed by atoms with Crippen LogP contribution in [-0.2, 0) is 22.6 Å². The zero-order chi connectivity index (χ0) is 26.5. The van der Waals surface area contributed by atoms with Crippen LogP contribution in [0.5, 0.6) is 5.75 Å². The van der Waals surface area contributed by atoms with Gasteiger partial charge in [-0.1, -0.05) is 24.3 Å². The van der Waals surface area contributed by atoms with Crippen molar-refractivity contribution in [2.45, 2.75) is 19.1 Å². The van der Waals surface area contributed by atoms with Crippen LogP contribution < -0.4 is 9.64 Å². The molecule has 1 aliphatic heterocycles. The second kappa shape index (κ2) is 8.81. The number of benzene rings is 3. The van der Waals surface area contributed by atoms with Gasteiger partial charge in [0.15, 0.2) is 29.0 Å². The summed E-state index contributed by atoms with van der Waals surface area (Å²) in [5.74, 6) is -17.7. The average molecular weight is 517 g/mol. The Labute approximate surface area is 196 Å². The summed E-state index contributed by atoms with van der Waals surface area (Å²) in [6.45, 7) is -0.625. The molecule has 0 bridgehead atoms. The number of amides is 1. The standard InChI is InChI=1S/C23H11F8NO4/c24-12-7-14-13(6-11(12)16-17(25)19(27)21(29)20(28)18(16)26)32(22(35)23(30,31)36-14)8-10-3-1-9(2-4-10)5-15(33)34/h1-4,6-7H,5,8H2,(H,33,34). The number of hydrogen-bond donors (Lipinski definition) is 1. The van der Waals surface area contributed by atoms with Crippen LogP contribution in [0.25, 0.3) is 11.1 Å². The zero-order valence-corrected chi connectivity index (χ0v) is 17.5. The molecule has 0 saturated heterocycles. The van der Waals surface area contributed by atoms with E-state index in [4.69, 9.17) is 5.11 Å². The number of carbonyl (C=O) groups excluding carboxylic acids is 1. The first-order valence-electron chi connectivity index (χ1n) is 9.85. The fraction of sp³-hybridized carbons (Fsp3) is 0.130. The van der Waals surface area contributed by atoms with Crippen molar-refractivity contribution in [1.29, 1.82) is 0 Å². The average Bonchev–Trinajstić information content (AvgIpc) is 2.81. The monoisotopic (exact) mass is 517 g/mol. The normalized spacial score (nSPS) is 14.4. The van der Waals surface area contributed by atoms with Crippen LogP contribution in [0.3, 0.4) is 0 Å². The van der Waals surface area contributed by atoms with Gasteiger partial charge in [-0.2, -0.15) is 8.78 Å². The van der Waals surface area contributed by atoms with Crippen LogP contribution >= 0.6 is 0 Å². The molecule has 1 amide bonds. The SMILES string of the molecule is O=C(O)Cc1ccc(CN2C(=O)C(F)(F)Oc3cc(F)c(-c4c(F)c(F)c(F)c(F)c4F)cc32)cc1. The number of ether oxygens (including phenoxy) is 1. The number of aliphatic carboxylic acids is 1. The lowest BCUT2D eigenvalue weighted by molar-refractivity contribution is -0.193. The molecule has 3 aromatic carbocycles. The number of carbonyl (C=O) groups is 2. The quantitative estimate of drug-likeness (QED) is 0.282. The maximum Gasteiger partial charge on any atom is 0.482 e. The van der Waals surface area contributed by atoms with Gasteiger partial charge in [-0.05, 0) is 17.2 Å². The van der Waals surface area contributed by atoms with Crippen molar-refractivity contribution in [3.8, 4) is 16.9 Å². The van der Waals surface area contributed by atoms with E-state index in [0.29, 0.717) is 16.5 Å². The summed E-state index contributed by atoms with van der Waals surface area (Å²) < 4.78 is 117. The summed E-state index contributed by atoms with van der Waals surface area (Å²) in [5.41, 5.74) is -2.98. The van der Waals surface area contributed by atoms with Crippen molar-refractivity contribution in [1.82, 2.24) is 0 Å². The molecule has 0 aromatic heterocycles. The van der Waals surface area contributed by atoms with Gasteiger partial charge in [0.2, 0.25) is 5.82 Å². The van der Waals surface area contributed by atoms with Crippen LogP contribution in [0.15, 0.2) is 36.4 Å². The van der Waals surface area contributed by atoms with Crippen LogP contribution in [0.1, 0.15) is 11.1 Å². The van der Waals surface area contributed by atoms with E-state index in [1.54, 1.807) is 0 Å². The third-order valence-electron chi connectivity index (χ3n) is 5.27. The largest absolute Gasteiger partial charge is 0.482 e. The van der Waals surface area contributed by atoms with Gasteiger partial charge in [-0.25, -0.2) is 26.3 Å². The number of fused-ring (bicyclic) bond motifs is 1. The molecule has 3 aromatic rings. The molecule has 0 unspecified atom stereocenters. The molecule has 0 atom stereocenters. The summed E-state index contributed by atoms with van der Waals surface area (Å²) in [7, 11) is 0. The van der Waals surface area contributed by atoms with Crippen molar-refractivity contribution in [2.75, 3.05) is 4.90 Å². The minimum atomic E-state index is -4.48. The first-order chi connectivity index (χ1) is 16.8. The van der Waals surface area contributed by atoms with Crippen LogP contribution in [-0.4, -0.2) is 23.1 Å². The van der Waals surface area contributed by atoms with Gasteiger partial charge in [0.1, 0.15) is 5.82 Å². The Morgan fingerprint density at radius 3 is 1.94 bits per heavy atom. The van der Waals surface area contributed by atoms with E-state index in [2.05, 4.69) is 4.74 Å². The van der Waals surface area contributed by atoms with Crippen molar-refractivity contribution < 1.29 is 54.6 Å². The molecule has 1 heterocycles. The predicted molar refractivity (Wildman–Crippen MR) is 106 cm³/mol. The number of rotatable bonds is 5. The highest BCUT2D eigenvalue weighted by Crippen LogP contribution is 2.44. The zero-order valence-electron chi connectivity index (χ0n) is 17.5. The Bertz CT molecular complexity index is 1380. The van der Waals surface area contributed by atoms with Gasteiger partial charge in [0, 0.05) is 11.6 Å². The molecule has 5 nitrogen and oxygen atoms in total. The molecule has 0 spiro atoms. The molecule has 0 aliphatic carbocycles. The minimum absolute atomic E-state index is 0.184. The van der Waals surface area contributed by atoms with Crippen LogP contribution in [0, 0.1) is 34.9 Å². The molecule has 36 heavy (non-hydrogen) atoms. The summed E-state index contributed by atoms with van der Waals surface area (Å²) in [6.07, 6.45) is -4.82. The maximum absolute atomic E-state index is 14.7. The smallest absolute Gasteiger partial charge is 0.481 e. The fourth-order valence-corrected chi connectivity index (χ4v) is 3.59. The first-order valence-corrected chi connectivity index (χ1v) is 9.85. The molecule has 0 radical (unpaired) electrons. The minimum Gasteiger partial charge on any atom is -0.481 e. The molecule has 4 rings (SSSR count). The highest BCUT2D eigenvalue weighted by Gasteiger charge is 2.51. The van der Waals surface area contributed by atoms with E-state index in [1.807, 2.05) is 0 Å². The molecular weight excluding hydrogens is 506 g/mol. The molecule has 188 valence electrons. The topological polar surface area (TPSA) is 66.8 Å². The third-order valence-corrected chi connectivity index (χ3v) is 5.27. The number of carboxylic acid groups (broad SMARTS) is 1. The molecular formula is C23H11F8NO4. The van der Waals surface area contributed by atoms with Gasteiger partial charge in [-0.15, -0.1) is 0 Å². The first kappa shape index (κ1) is 24.9. The van der Waals surface area contributed by atoms with Crippen molar-refractivity contribution in [3.05, 3.63) is 82.4 Å². The van der Waals surface area contributed by atoms with E-state index in [-0.39, 0.29) is 18.1 Å². The number of hydrogen-bond acceptors (Lipinski definition) is 3. The molecule has 1 aliphatic rings. The summed E-state index contributed by atoms with van der Waals surface area (Å²) in [5, 5.41) is 8.83. The Morgan fingerprint density at radius 2 is 1.39 bits per heavy atom. The van der Waals surface area contributed by atoms with E-state index >= 15 is 0 Å². The van der Waals surface area contributed by atoms with E-state index in [9.17, 15) is 44.7 Å². The van der Waals surface area contributed by atoms with Gasteiger partial charge in [0.05, 0.1) is 24.2 Å². The van der Waals surface area contributed by atoms with E-state index < -0.39 is 82.0 Å². The van der Waals surface area contributed by atoms with Crippen LogP contribution in [0.4, 0.5) is 40.8 Å². The van der Waals surface area contributed by atoms with Crippen LogP contribution in [0.2, 0.25) is 0 Å². The molecule has 13 heteroatoms. The third kappa shape index (κ3) is 4.20. The van der Waals surface area contributed by atoms with Gasteiger partial charge < -0.3 is 9.84 Å². The second-order valence-electron chi connectivity index (χ2n) is 7.64. The van der Waals surface area contributed by atoms with Crippen molar-refractivity contribution >= 4 is 17.6 Å². The van der Waals surface area contributed by atoms with Gasteiger partial charge in [0.25, 0.3) is 0 Å². The predicted octanol–water partition coefficient (Wildman–Crippen LogP) is 5.33. The molecule has 0 saturated carbocycles. The number of carboxylic acids is 1. The summed E-state index contributed by atoms with van der Waals surface area (Å²) in [6, 6.07) is 6.00. The Balaban J connectivity index is 1.84. The van der Waals surface area contributed by atoms with E-state index in [1.165, 1.54) is 24.3 Å². The molecule has 1 N–H and O–H groups in total. The Kier molecular flexibility index (Phi) is 6.10. The Morgan fingerprint density at radius 1 is 0.861 bits per heavy atom. The number of anilines is 1. The van der Waals surface area contributed by atoms with E-state index in [0.717, 1.165) is 0 Å². The highest BCUT2D eigenvalue weighted by atomic mass is 19.3. The fourth-order valence-electron chi connectivity index (χ4n) is 3.59. The Hall–Kier alpha value is -4.16. The number of nitrogens with zero attached hydrogens (tertiary/aromatic N) is 1. The van der Waals surface area contributed by atoms with Gasteiger partial charge >= 0.3 is 18.0 Å². The second-order valence-corrected chi connectivity index (χ2v) is 7.64. The lowest BCUT2D eigenvalue weighted by atomic mass is 10.00. The lowest BCUT2D eigenvalue weighted by Crippen LogP contribution is -2.50. The van der Waals surface area contributed by atoms with Gasteiger partial charge in [-0.3, -0.25) is 14.5 Å². The summed E-state index contributed by atoms with van der Waals surface area (Å²) >= 11 is 0. The maximum atomic E-state index is 14.7. The van der Waals surface area contributed by atoms with Crippen molar-refractivity contribution in [2.24, 2.45) is 0 Å². The van der Waals surface area contributed by atoms with Crippen molar-refractivity contribution in [3.63, 3.8) is 0 Å². The number of alkyl halides is 2. The summed E-state index contributed by atoms with van der Waals surface area (Å²) in [4.78, 5) is 23.6. The lowest BCUT2D eigenvalue weighted by Gasteiger charge is -2.34. The number of halogens is 8.